The quantitative estimate of drug-likeness (QED) is 0.465. The van der Waals surface area contributed by atoms with Gasteiger partial charge in [-0.1, -0.05) is 42.5 Å². The summed E-state index contributed by atoms with van der Waals surface area (Å²) in [5.74, 6) is -0.399. The molecule has 0 atom stereocenters. The van der Waals surface area contributed by atoms with Gasteiger partial charge in [0.15, 0.2) is 11.2 Å². The van der Waals surface area contributed by atoms with Crippen LogP contribution in [0.4, 0.5) is 18.9 Å². The predicted octanol–water partition coefficient (Wildman–Crippen LogP) is 3.56. The van der Waals surface area contributed by atoms with E-state index >= 15 is 0 Å². The van der Waals surface area contributed by atoms with Crippen LogP contribution in [0.15, 0.2) is 53.6 Å². The van der Waals surface area contributed by atoms with Gasteiger partial charge >= 0.3 is 6.18 Å². The second kappa shape index (κ2) is 9.08. The number of aromatic nitrogens is 5. The van der Waals surface area contributed by atoms with Crippen LogP contribution in [0.1, 0.15) is 29.2 Å². The van der Waals surface area contributed by atoms with E-state index in [1.807, 2.05) is 32.0 Å². The smallest absolute Gasteiger partial charge is 0.324 e. The lowest BCUT2D eigenvalue weighted by molar-refractivity contribution is -0.137. The number of rotatable bonds is 6. The van der Waals surface area contributed by atoms with Gasteiger partial charge in [-0.3, -0.25) is 14.2 Å². The third-order valence-electron chi connectivity index (χ3n) is 5.40. The van der Waals surface area contributed by atoms with Crippen molar-refractivity contribution in [1.82, 2.24) is 24.5 Å². The molecule has 0 unspecified atom stereocenters. The number of alkyl halides is 3. The number of hydrogen-bond acceptors (Lipinski definition) is 5. The van der Waals surface area contributed by atoms with Crippen molar-refractivity contribution in [3.05, 3.63) is 81.4 Å². The molecular formula is C23H21F3N6O2. The fourth-order valence-electron chi connectivity index (χ4n) is 3.66. The molecule has 0 aliphatic carbocycles. The number of amides is 1. The molecule has 1 amide bonds. The normalized spacial score (nSPS) is 11.7. The SMILES string of the molecule is CCc1cccc(C)c1NC(=O)Cn1cnc2c(nnn2Cc2cccc(C(F)(F)F)c2)c1=O. The first kappa shape index (κ1) is 23.1. The Hall–Kier alpha value is -4.02. The number of halogens is 3. The maximum absolute atomic E-state index is 13.0. The first-order valence-corrected chi connectivity index (χ1v) is 10.5. The van der Waals surface area contributed by atoms with Crippen LogP contribution in [0.25, 0.3) is 11.2 Å². The van der Waals surface area contributed by atoms with Crippen molar-refractivity contribution in [2.75, 3.05) is 5.32 Å². The number of para-hydroxylation sites is 1. The van der Waals surface area contributed by atoms with Crippen LogP contribution in [0.3, 0.4) is 0 Å². The average molecular weight is 470 g/mol. The van der Waals surface area contributed by atoms with Crippen molar-refractivity contribution in [1.29, 1.82) is 0 Å². The molecule has 1 N–H and O–H groups in total. The molecule has 0 saturated carbocycles. The van der Waals surface area contributed by atoms with Gasteiger partial charge in [0.25, 0.3) is 5.56 Å². The van der Waals surface area contributed by atoms with E-state index in [1.54, 1.807) is 0 Å². The Morgan fingerprint density at radius 2 is 1.91 bits per heavy atom. The summed E-state index contributed by atoms with van der Waals surface area (Å²) in [6.45, 7) is 3.54. The summed E-state index contributed by atoms with van der Waals surface area (Å²) in [6, 6.07) is 10.5. The Balaban J connectivity index is 1.56. The van der Waals surface area contributed by atoms with Gasteiger partial charge in [0.1, 0.15) is 12.9 Å². The first-order valence-electron chi connectivity index (χ1n) is 10.5. The van der Waals surface area contributed by atoms with Crippen LogP contribution < -0.4 is 10.9 Å². The second-order valence-electron chi connectivity index (χ2n) is 7.81. The van der Waals surface area contributed by atoms with Crippen LogP contribution in [0.2, 0.25) is 0 Å². The van der Waals surface area contributed by atoms with E-state index in [2.05, 4.69) is 20.6 Å². The maximum Gasteiger partial charge on any atom is 0.416 e. The molecule has 0 aliphatic heterocycles. The largest absolute Gasteiger partial charge is 0.416 e. The molecule has 176 valence electrons. The molecule has 0 fully saturated rings. The number of nitrogens with zero attached hydrogens (tertiary/aromatic N) is 5. The first-order chi connectivity index (χ1) is 16.2. The van der Waals surface area contributed by atoms with Crippen LogP contribution in [-0.2, 0) is 30.5 Å². The summed E-state index contributed by atoms with van der Waals surface area (Å²) in [5, 5.41) is 10.6. The average Bonchev–Trinajstić information content (AvgIpc) is 3.20. The molecule has 2 aromatic carbocycles. The van der Waals surface area contributed by atoms with Gasteiger partial charge in [-0.2, -0.15) is 13.2 Å². The highest BCUT2D eigenvalue weighted by Gasteiger charge is 2.30. The fraction of sp³-hybridized carbons (Fsp3) is 0.261. The minimum Gasteiger partial charge on any atom is -0.324 e. The van der Waals surface area contributed by atoms with Gasteiger partial charge in [-0.25, -0.2) is 9.67 Å². The molecule has 0 saturated heterocycles. The standard InChI is InChI=1S/C23H21F3N6O2/c1-3-16-8-4-6-14(2)19(16)28-18(33)12-31-13-27-21-20(22(31)34)29-30-32(21)11-15-7-5-9-17(10-15)23(24,25)26/h4-10,13H,3,11-12H2,1-2H3,(H,28,33). The molecule has 2 aromatic heterocycles. The summed E-state index contributed by atoms with van der Waals surface area (Å²) in [6.07, 6.45) is -2.53. The van der Waals surface area contributed by atoms with Crippen molar-refractivity contribution in [3.8, 4) is 0 Å². The molecule has 34 heavy (non-hydrogen) atoms. The van der Waals surface area contributed by atoms with Gasteiger partial charge < -0.3 is 5.32 Å². The number of hydrogen-bond donors (Lipinski definition) is 1. The summed E-state index contributed by atoms with van der Waals surface area (Å²) >= 11 is 0. The highest BCUT2D eigenvalue weighted by Crippen LogP contribution is 2.29. The minimum absolute atomic E-state index is 0.0512. The van der Waals surface area contributed by atoms with Crippen molar-refractivity contribution >= 4 is 22.8 Å². The molecule has 8 nitrogen and oxygen atoms in total. The van der Waals surface area contributed by atoms with Gasteiger partial charge in [0.05, 0.1) is 12.1 Å². The Morgan fingerprint density at radius 1 is 1.15 bits per heavy atom. The van der Waals surface area contributed by atoms with Gasteiger partial charge in [0, 0.05) is 5.69 Å². The number of fused-ring (bicyclic) bond motifs is 1. The zero-order chi connectivity index (χ0) is 24.5. The highest BCUT2D eigenvalue weighted by molar-refractivity contribution is 5.92. The summed E-state index contributed by atoms with van der Waals surface area (Å²) < 4.78 is 41.3. The van der Waals surface area contributed by atoms with Crippen LogP contribution in [0.5, 0.6) is 0 Å². The molecule has 0 aliphatic rings. The molecule has 11 heteroatoms. The van der Waals surface area contributed by atoms with E-state index in [0.717, 1.165) is 34.2 Å². The lowest BCUT2D eigenvalue weighted by Crippen LogP contribution is -2.28. The van der Waals surface area contributed by atoms with Gasteiger partial charge in [-0.05, 0) is 42.2 Å². The third-order valence-corrected chi connectivity index (χ3v) is 5.40. The molecule has 4 rings (SSSR count). The minimum atomic E-state index is -4.47. The van der Waals surface area contributed by atoms with Crippen molar-refractivity contribution in [2.24, 2.45) is 0 Å². The van der Waals surface area contributed by atoms with Crippen molar-refractivity contribution < 1.29 is 18.0 Å². The second-order valence-corrected chi connectivity index (χ2v) is 7.81. The molecular weight excluding hydrogens is 449 g/mol. The lowest BCUT2D eigenvalue weighted by atomic mass is 10.1. The van der Waals surface area contributed by atoms with Crippen LogP contribution >= 0.6 is 0 Å². The monoisotopic (exact) mass is 470 g/mol. The van der Waals surface area contributed by atoms with Crippen LogP contribution in [0, 0.1) is 6.92 Å². The number of anilines is 1. The molecule has 4 aromatic rings. The third kappa shape index (κ3) is 4.68. The van der Waals surface area contributed by atoms with E-state index in [9.17, 15) is 22.8 Å². The topological polar surface area (TPSA) is 94.7 Å². The number of nitrogens with one attached hydrogen (secondary N) is 1. The van der Waals surface area contributed by atoms with E-state index in [4.69, 9.17) is 0 Å². The van der Waals surface area contributed by atoms with Crippen LogP contribution in [-0.4, -0.2) is 30.5 Å². The van der Waals surface area contributed by atoms with E-state index in [1.165, 1.54) is 23.1 Å². The molecule has 2 heterocycles. The Labute approximate surface area is 192 Å². The van der Waals surface area contributed by atoms with Crippen molar-refractivity contribution in [2.45, 2.75) is 39.5 Å². The number of carbonyl (C=O) groups excluding carboxylic acids is 1. The maximum atomic E-state index is 13.0. The Kier molecular flexibility index (Phi) is 6.18. The predicted molar refractivity (Wildman–Crippen MR) is 119 cm³/mol. The van der Waals surface area contributed by atoms with Gasteiger partial charge in [0.2, 0.25) is 5.91 Å². The van der Waals surface area contributed by atoms with E-state index in [0.29, 0.717) is 11.3 Å². The fourth-order valence-corrected chi connectivity index (χ4v) is 3.66. The molecule has 0 bridgehead atoms. The molecule has 0 spiro atoms. The lowest BCUT2D eigenvalue weighted by Gasteiger charge is -2.13. The summed E-state index contributed by atoms with van der Waals surface area (Å²) in [5.41, 5.74) is 1.62. The summed E-state index contributed by atoms with van der Waals surface area (Å²) in [7, 11) is 0. The number of aryl methyl sites for hydroxylation is 2. The zero-order valence-corrected chi connectivity index (χ0v) is 18.4. The summed E-state index contributed by atoms with van der Waals surface area (Å²) in [4.78, 5) is 29.6. The van der Waals surface area contributed by atoms with Crippen molar-refractivity contribution in [3.63, 3.8) is 0 Å². The van der Waals surface area contributed by atoms with Gasteiger partial charge in [-0.15, -0.1) is 5.10 Å². The number of carbonyl (C=O) groups is 1. The van der Waals surface area contributed by atoms with E-state index < -0.39 is 23.2 Å². The zero-order valence-electron chi connectivity index (χ0n) is 18.4. The molecule has 0 radical (unpaired) electrons. The Bertz CT molecular complexity index is 1420. The highest BCUT2D eigenvalue weighted by atomic mass is 19.4. The number of benzene rings is 2. The Morgan fingerprint density at radius 3 is 2.65 bits per heavy atom. The van der Waals surface area contributed by atoms with E-state index in [-0.39, 0.29) is 24.3 Å².